The van der Waals surface area contributed by atoms with E-state index in [0.29, 0.717) is 28.2 Å². The number of para-hydroxylation sites is 1. The van der Waals surface area contributed by atoms with Crippen molar-refractivity contribution in [3.8, 4) is 28.4 Å². The Morgan fingerprint density at radius 1 is 1.13 bits per heavy atom. The predicted molar refractivity (Wildman–Crippen MR) is 124 cm³/mol. The second-order valence-corrected chi connectivity index (χ2v) is 8.84. The summed E-state index contributed by atoms with van der Waals surface area (Å²) in [4.78, 5) is 18.1. The summed E-state index contributed by atoms with van der Waals surface area (Å²) in [7, 11) is 0. The summed E-state index contributed by atoms with van der Waals surface area (Å²) in [5.74, 6) is 0.741. The zero-order chi connectivity index (χ0) is 21.8. The van der Waals surface area contributed by atoms with Crippen molar-refractivity contribution in [1.29, 1.82) is 0 Å². The highest BCUT2D eigenvalue weighted by atomic mass is 32.2. The van der Waals surface area contributed by atoms with Crippen molar-refractivity contribution in [2.75, 3.05) is 11.1 Å². The Hall–Kier alpha value is -3.17. The van der Waals surface area contributed by atoms with Crippen molar-refractivity contribution in [1.82, 2.24) is 19.7 Å². The number of thioether (sulfide) groups is 1. The molecule has 31 heavy (non-hydrogen) atoms. The Bertz CT molecular complexity index is 1200. The van der Waals surface area contributed by atoms with Gasteiger partial charge in [-0.3, -0.25) is 4.79 Å². The fourth-order valence-corrected chi connectivity index (χ4v) is 4.80. The molecular weight excluding hydrogens is 430 g/mol. The van der Waals surface area contributed by atoms with Gasteiger partial charge in [0.2, 0.25) is 5.91 Å². The van der Waals surface area contributed by atoms with E-state index in [2.05, 4.69) is 20.5 Å². The van der Waals surface area contributed by atoms with Crippen LogP contribution in [-0.2, 0) is 11.3 Å². The molecule has 4 rings (SSSR count). The molecule has 4 aromatic rings. The van der Waals surface area contributed by atoms with E-state index in [1.807, 2.05) is 54.8 Å². The number of phenolic OH excluding ortho intramolecular Hbond substituents is 1. The van der Waals surface area contributed by atoms with Gasteiger partial charge in [-0.05, 0) is 26.0 Å². The largest absolute Gasteiger partial charge is 0.507 e. The number of hydrogen-bond acceptors (Lipinski definition) is 7. The third-order valence-corrected chi connectivity index (χ3v) is 6.45. The van der Waals surface area contributed by atoms with E-state index in [4.69, 9.17) is 0 Å². The molecule has 2 N–H and O–H groups in total. The fourth-order valence-electron chi connectivity index (χ4n) is 3.14. The Morgan fingerprint density at radius 2 is 1.87 bits per heavy atom. The third kappa shape index (κ3) is 4.62. The number of aryl methyl sites for hydroxylation is 1. The second-order valence-electron chi connectivity index (χ2n) is 6.69. The summed E-state index contributed by atoms with van der Waals surface area (Å²) in [6.07, 6.45) is 0. The molecule has 158 valence electrons. The fraction of sp³-hybridized carbons (Fsp3) is 0.182. The molecule has 2 heterocycles. The Labute approximate surface area is 188 Å². The molecule has 0 fully saturated rings. The summed E-state index contributed by atoms with van der Waals surface area (Å²) in [5.41, 5.74) is 2.52. The van der Waals surface area contributed by atoms with E-state index in [-0.39, 0.29) is 17.4 Å². The lowest BCUT2D eigenvalue weighted by Gasteiger charge is -2.08. The minimum atomic E-state index is -0.159. The number of hydrogen-bond donors (Lipinski definition) is 2. The third-order valence-electron chi connectivity index (χ3n) is 4.60. The number of aromatic nitrogens is 4. The molecule has 0 saturated heterocycles. The molecule has 2 aromatic carbocycles. The maximum absolute atomic E-state index is 12.5. The quantitative estimate of drug-likeness (QED) is 0.391. The smallest absolute Gasteiger partial charge is 0.236 e. The molecule has 9 heteroatoms. The van der Waals surface area contributed by atoms with Crippen LogP contribution in [0.1, 0.15) is 11.8 Å². The molecule has 2 aromatic heterocycles. The monoisotopic (exact) mass is 451 g/mol. The van der Waals surface area contributed by atoms with Gasteiger partial charge in [-0.15, -0.1) is 21.5 Å². The summed E-state index contributed by atoms with van der Waals surface area (Å²) < 4.78 is 1.88. The number of nitrogens with zero attached hydrogens (tertiary/aromatic N) is 4. The van der Waals surface area contributed by atoms with Gasteiger partial charge in [0.05, 0.1) is 17.0 Å². The molecule has 0 aliphatic heterocycles. The number of carbonyl (C=O) groups is 1. The number of amides is 1. The van der Waals surface area contributed by atoms with Gasteiger partial charge in [0.25, 0.3) is 0 Å². The molecule has 0 spiro atoms. The molecule has 0 radical (unpaired) electrons. The van der Waals surface area contributed by atoms with Crippen LogP contribution in [0.4, 0.5) is 5.13 Å². The number of anilines is 1. The standard InChI is InChI=1S/C22H21N5O2S2/c1-3-27-20(16-11-7-8-12-17(16)28)25-26-22(27)30-13-18(29)23-21-24-19(14(2)31-21)15-9-5-4-6-10-15/h4-12,28H,3,13H2,1-2H3,(H,23,24,29). The predicted octanol–water partition coefficient (Wildman–Crippen LogP) is 4.83. The maximum Gasteiger partial charge on any atom is 0.236 e. The Kier molecular flexibility index (Phi) is 6.34. The summed E-state index contributed by atoms with van der Waals surface area (Å²) >= 11 is 2.76. The van der Waals surface area contributed by atoms with Crippen LogP contribution in [-0.4, -0.2) is 36.5 Å². The van der Waals surface area contributed by atoms with Crippen molar-refractivity contribution in [3.63, 3.8) is 0 Å². The average Bonchev–Trinajstić information content (AvgIpc) is 3.35. The molecule has 0 aliphatic carbocycles. The lowest BCUT2D eigenvalue weighted by Crippen LogP contribution is -2.14. The van der Waals surface area contributed by atoms with Crippen LogP contribution in [0.3, 0.4) is 0 Å². The Balaban J connectivity index is 1.44. The van der Waals surface area contributed by atoms with E-state index in [1.54, 1.807) is 18.2 Å². The normalized spacial score (nSPS) is 10.9. The molecule has 0 aliphatic rings. The van der Waals surface area contributed by atoms with E-state index in [0.717, 1.165) is 16.1 Å². The van der Waals surface area contributed by atoms with Crippen LogP contribution in [0.2, 0.25) is 0 Å². The molecule has 0 bridgehead atoms. The molecule has 1 amide bonds. The van der Waals surface area contributed by atoms with E-state index < -0.39 is 0 Å². The maximum atomic E-state index is 12.5. The van der Waals surface area contributed by atoms with Crippen LogP contribution < -0.4 is 5.32 Å². The van der Waals surface area contributed by atoms with Crippen LogP contribution in [0, 0.1) is 6.92 Å². The van der Waals surface area contributed by atoms with E-state index in [9.17, 15) is 9.90 Å². The highest BCUT2D eigenvalue weighted by Crippen LogP contribution is 2.31. The molecular formula is C22H21N5O2S2. The molecule has 0 atom stereocenters. The first-order valence-electron chi connectivity index (χ1n) is 9.74. The van der Waals surface area contributed by atoms with Gasteiger partial charge in [0.1, 0.15) is 5.75 Å². The van der Waals surface area contributed by atoms with Gasteiger partial charge >= 0.3 is 0 Å². The van der Waals surface area contributed by atoms with Gasteiger partial charge in [0.15, 0.2) is 16.1 Å². The topological polar surface area (TPSA) is 92.9 Å². The number of aromatic hydroxyl groups is 1. The SMILES string of the molecule is CCn1c(SCC(=O)Nc2nc(-c3ccccc3)c(C)s2)nnc1-c1ccccc1O. The summed E-state index contributed by atoms with van der Waals surface area (Å²) in [6.45, 7) is 4.59. The molecule has 0 unspecified atom stereocenters. The van der Waals surface area contributed by atoms with Crippen LogP contribution in [0.5, 0.6) is 5.75 Å². The zero-order valence-corrected chi connectivity index (χ0v) is 18.7. The van der Waals surface area contributed by atoms with Crippen LogP contribution in [0.15, 0.2) is 59.8 Å². The highest BCUT2D eigenvalue weighted by Gasteiger charge is 2.17. The van der Waals surface area contributed by atoms with Crippen LogP contribution in [0.25, 0.3) is 22.6 Å². The first kappa shape index (κ1) is 21.1. The van der Waals surface area contributed by atoms with Crippen LogP contribution >= 0.6 is 23.1 Å². The number of nitrogens with one attached hydrogen (secondary N) is 1. The number of benzene rings is 2. The first-order valence-corrected chi connectivity index (χ1v) is 11.5. The summed E-state index contributed by atoms with van der Waals surface area (Å²) in [6, 6.07) is 16.9. The number of phenols is 1. The van der Waals surface area contributed by atoms with Crippen molar-refractivity contribution < 1.29 is 9.90 Å². The number of carbonyl (C=O) groups excluding carboxylic acids is 1. The second kappa shape index (κ2) is 9.32. The van der Waals surface area contributed by atoms with E-state index >= 15 is 0 Å². The highest BCUT2D eigenvalue weighted by molar-refractivity contribution is 7.99. The van der Waals surface area contributed by atoms with Gasteiger partial charge in [0, 0.05) is 17.0 Å². The lowest BCUT2D eigenvalue weighted by atomic mass is 10.1. The van der Waals surface area contributed by atoms with Crippen molar-refractivity contribution >= 4 is 34.1 Å². The number of thiazole rings is 1. The zero-order valence-electron chi connectivity index (χ0n) is 17.1. The lowest BCUT2D eigenvalue weighted by molar-refractivity contribution is -0.113. The van der Waals surface area contributed by atoms with Crippen molar-refractivity contribution in [3.05, 3.63) is 59.5 Å². The van der Waals surface area contributed by atoms with Gasteiger partial charge in [-0.25, -0.2) is 4.98 Å². The Morgan fingerprint density at radius 3 is 2.61 bits per heavy atom. The van der Waals surface area contributed by atoms with E-state index in [1.165, 1.54) is 23.1 Å². The summed E-state index contributed by atoms with van der Waals surface area (Å²) in [5, 5.41) is 22.6. The minimum Gasteiger partial charge on any atom is -0.507 e. The van der Waals surface area contributed by atoms with Crippen molar-refractivity contribution in [2.24, 2.45) is 0 Å². The van der Waals surface area contributed by atoms with Gasteiger partial charge in [-0.1, -0.05) is 54.2 Å². The van der Waals surface area contributed by atoms with Crippen molar-refractivity contribution in [2.45, 2.75) is 25.5 Å². The molecule has 7 nitrogen and oxygen atoms in total. The van der Waals surface area contributed by atoms with Gasteiger partial charge < -0.3 is 15.0 Å². The average molecular weight is 452 g/mol. The van der Waals surface area contributed by atoms with Gasteiger partial charge in [-0.2, -0.15) is 0 Å². The minimum absolute atomic E-state index is 0.146. The molecule has 0 saturated carbocycles. The number of rotatable bonds is 7. The first-order chi connectivity index (χ1) is 15.1.